The topological polar surface area (TPSA) is 3.24 Å². The van der Waals surface area contributed by atoms with Gasteiger partial charge in [-0.15, -0.1) is 0 Å². The Kier molecular flexibility index (Phi) is 2.36. The highest BCUT2D eigenvalue weighted by Crippen LogP contribution is 2.20. The van der Waals surface area contributed by atoms with E-state index in [-0.39, 0.29) is 0 Å². The Hall–Kier alpha value is -0.460. The fourth-order valence-electron chi connectivity index (χ4n) is 1.58. The first-order valence-corrected chi connectivity index (χ1v) is 4.18. The summed E-state index contributed by atoms with van der Waals surface area (Å²) in [6.07, 6.45) is 5.74. The smallest absolute Gasteiger partial charge is 0.0342 e. The van der Waals surface area contributed by atoms with Gasteiger partial charge in [0, 0.05) is 12.6 Å². The van der Waals surface area contributed by atoms with Crippen molar-refractivity contribution in [1.29, 1.82) is 0 Å². The highest BCUT2D eigenvalue weighted by atomic mass is 15.1. The van der Waals surface area contributed by atoms with E-state index < -0.39 is 0 Å². The van der Waals surface area contributed by atoms with E-state index >= 15 is 0 Å². The second kappa shape index (κ2) is 3.09. The zero-order valence-electron chi connectivity index (χ0n) is 7.17. The van der Waals surface area contributed by atoms with Crippen LogP contribution in [0.25, 0.3) is 0 Å². The van der Waals surface area contributed by atoms with E-state index in [0.717, 1.165) is 18.5 Å². The summed E-state index contributed by atoms with van der Waals surface area (Å²) in [6, 6.07) is 0.769. The third-order valence-electron chi connectivity index (χ3n) is 2.24. The molecule has 0 unspecified atom stereocenters. The van der Waals surface area contributed by atoms with Gasteiger partial charge in [-0.3, -0.25) is 0 Å². The van der Waals surface area contributed by atoms with Crippen LogP contribution in [0.15, 0.2) is 12.3 Å². The van der Waals surface area contributed by atoms with Crippen LogP contribution in [-0.2, 0) is 0 Å². The average Bonchev–Trinajstić information content (AvgIpc) is 2.33. The number of nitrogens with zero attached hydrogens (tertiary/aromatic N) is 1. The lowest BCUT2D eigenvalue weighted by Gasteiger charge is -2.27. The lowest BCUT2D eigenvalue weighted by Crippen LogP contribution is -2.30. The van der Waals surface area contributed by atoms with Gasteiger partial charge in [0.25, 0.3) is 0 Å². The highest BCUT2D eigenvalue weighted by molar-refractivity contribution is 4.98. The Morgan fingerprint density at radius 1 is 1.60 bits per heavy atom. The minimum absolute atomic E-state index is 0.769. The zero-order valence-corrected chi connectivity index (χ0v) is 7.17. The zero-order chi connectivity index (χ0) is 7.56. The second-order valence-electron chi connectivity index (χ2n) is 3.26. The SMILES string of the molecule is CCN1C=CC[C@H]1C(C)C. The summed E-state index contributed by atoms with van der Waals surface area (Å²) in [5, 5.41) is 0. The summed E-state index contributed by atoms with van der Waals surface area (Å²) in [5.41, 5.74) is 0. The van der Waals surface area contributed by atoms with E-state index in [1.807, 2.05) is 0 Å². The predicted molar refractivity (Wildman–Crippen MR) is 44.8 cm³/mol. The average molecular weight is 139 g/mol. The van der Waals surface area contributed by atoms with Crippen LogP contribution >= 0.6 is 0 Å². The quantitative estimate of drug-likeness (QED) is 0.567. The molecule has 0 aromatic rings. The van der Waals surface area contributed by atoms with Gasteiger partial charge in [0.15, 0.2) is 0 Å². The van der Waals surface area contributed by atoms with Crippen molar-refractivity contribution in [3.8, 4) is 0 Å². The standard InChI is InChI=1S/C9H17N/c1-4-10-7-5-6-9(10)8(2)3/h5,7-9H,4,6H2,1-3H3/t9-/m0/s1. The fraction of sp³-hybridized carbons (Fsp3) is 0.778. The molecule has 0 fully saturated rings. The normalized spacial score (nSPS) is 24.8. The monoisotopic (exact) mass is 139 g/mol. The van der Waals surface area contributed by atoms with Crippen molar-refractivity contribution >= 4 is 0 Å². The van der Waals surface area contributed by atoms with Gasteiger partial charge in [0.2, 0.25) is 0 Å². The number of hydrogen-bond acceptors (Lipinski definition) is 1. The van der Waals surface area contributed by atoms with Gasteiger partial charge in [-0.25, -0.2) is 0 Å². The highest BCUT2D eigenvalue weighted by Gasteiger charge is 2.19. The maximum Gasteiger partial charge on any atom is 0.0342 e. The first kappa shape index (κ1) is 7.64. The molecule has 10 heavy (non-hydrogen) atoms. The summed E-state index contributed by atoms with van der Waals surface area (Å²) >= 11 is 0. The van der Waals surface area contributed by atoms with E-state index in [0.29, 0.717) is 0 Å². The van der Waals surface area contributed by atoms with Crippen LogP contribution in [0.4, 0.5) is 0 Å². The molecule has 1 rings (SSSR count). The van der Waals surface area contributed by atoms with Crippen LogP contribution in [0.5, 0.6) is 0 Å². The van der Waals surface area contributed by atoms with Crippen LogP contribution in [-0.4, -0.2) is 17.5 Å². The molecule has 0 saturated carbocycles. The molecule has 1 atom stereocenters. The molecule has 1 heterocycles. The summed E-state index contributed by atoms with van der Waals surface area (Å²) in [6.45, 7) is 7.95. The van der Waals surface area contributed by atoms with E-state index in [9.17, 15) is 0 Å². The molecule has 1 heteroatoms. The molecule has 0 saturated heterocycles. The fourth-order valence-corrected chi connectivity index (χ4v) is 1.58. The van der Waals surface area contributed by atoms with Crippen molar-refractivity contribution in [1.82, 2.24) is 4.90 Å². The van der Waals surface area contributed by atoms with Crippen molar-refractivity contribution in [2.45, 2.75) is 33.2 Å². The molecule has 0 spiro atoms. The van der Waals surface area contributed by atoms with Gasteiger partial charge in [0.1, 0.15) is 0 Å². The molecule has 1 nitrogen and oxygen atoms in total. The Balaban J connectivity index is 2.47. The predicted octanol–water partition coefficient (Wildman–Crippen LogP) is 2.25. The summed E-state index contributed by atoms with van der Waals surface area (Å²) in [4.78, 5) is 2.42. The van der Waals surface area contributed by atoms with Crippen molar-refractivity contribution in [2.75, 3.05) is 6.54 Å². The van der Waals surface area contributed by atoms with Crippen molar-refractivity contribution in [2.24, 2.45) is 5.92 Å². The lowest BCUT2D eigenvalue weighted by atomic mass is 10.0. The third-order valence-corrected chi connectivity index (χ3v) is 2.24. The molecule has 0 aromatic carbocycles. The first-order chi connectivity index (χ1) is 4.75. The van der Waals surface area contributed by atoms with Gasteiger partial charge >= 0.3 is 0 Å². The summed E-state index contributed by atoms with van der Waals surface area (Å²) in [7, 11) is 0. The van der Waals surface area contributed by atoms with E-state index in [2.05, 4.69) is 37.9 Å². The molecular formula is C9H17N. The minimum atomic E-state index is 0.769. The summed E-state index contributed by atoms with van der Waals surface area (Å²) in [5.74, 6) is 0.787. The molecule has 0 aromatic heterocycles. The maximum absolute atomic E-state index is 2.42. The van der Waals surface area contributed by atoms with Crippen LogP contribution in [0, 0.1) is 5.92 Å². The summed E-state index contributed by atoms with van der Waals surface area (Å²) < 4.78 is 0. The molecular weight excluding hydrogens is 122 g/mol. The Labute approximate surface area is 63.7 Å². The van der Waals surface area contributed by atoms with Gasteiger partial charge in [-0.05, 0) is 25.5 Å². The third kappa shape index (κ3) is 1.34. The Morgan fingerprint density at radius 3 is 2.70 bits per heavy atom. The molecule has 1 aliphatic heterocycles. The molecule has 1 aliphatic rings. The number of hydrogen-bond donors (Lipinski definition) is 0. The van der Waals surface area contributed by atoms with Gasteiger partial charge in [-0.2, -0.15) is 0 Å². The van der Waals surface area contributed by atoms with Gasteiger partial charge in [0.05, 0.1) is 0 Å². The van der Waals surface area contributed by atoms with Crippen molar-refractivity contribution < 1.29 is 0 Å². The number of rotatable bonds is 2. The molecule has 0 aliphatic carbocycles. The van der Waals surface area contributed by atoms with Crippen molar-refractivity contribution in [3.05, 3.63) is 12.3 Å². The second-order valence-corrected chi connectivity index (χ2v) is 3.26. The minimum Gasteiger partial charge on any atom is -0.374 e. The van der Waals surface area contributed by atoms with Crippen LogP contribution in [0.3, 0.4) is 0 Å². The molecule has 58 valence electrons. The lowest BCUT2D eigenvalue weighted by molar-refractivity contribution is 0.251. The van der Waals surface area contributed by atoms with Gasteiger partial charge in [-0.1, -0.05) is 19.9 Å². The van der Waals surface area contributed by atoms with Crippen LogP contribution < -0.4 is 0 Å². The van der Waals surface area contributed by atoms with Crippen LogP contribution in [0.2, 0.25) is 0 Å². The largest absolute Gasteiger partial charge is 0.374 e. The van der Waals surface area contributed by atoms with Crippen LogP contribution in [0.1, 0.15) is 27.2 Å². The first-order valence-electron chi connectivity index (χ1n) is 4.18. The van der Waals surface area contributed by atoms with E-state index in [1.165, 1.54) is 6.42 Å². The molecule has 0 amide bonds. The molecule has 0 N–H and O–H groups in total. The van der Waals surface area contributed by atoms with E-state index in [4.69, 9.17) is 0 Å². The van der Waals surface area contributed by atoms with E-state index in [1.54, 1.807) is 0 Å². The molecule has 0 radical (unpaired) electrons. The Bertz CT molecular complexity index is 127. The Morgan fingerprint density at radius 2 is 2.30 bits per heavy atom. The molecule has 0 bridgehead atoms. The maximum atomic E-state index is 2.42. The van der Waals surface area contributed by atoms with Gasteiger partial charge < -0.3 is 4.90 Å². The van der Waals surface area contributed by atoms with Crippen molar-refractivity contribution in [3.63, 3.8) is 0 Å².